The first kappa shape index (κ1) is 12.1. The van der Waals surface area contributed by atoms with E-state index in [9.17, 15) is 9.59 Å². The van der Waals surface area contributed by atoms with Crippen molar-refractivity contribution < 1.29 is 9.59 Å². The van der Waals surface area contributed by atoms with Gasteiger partial charge in [-0.05, 0) is 24.8 Å². The molecule has 4 nitrogen and oxygen atoms in total. The van der Waals surface area contributed by atoms with Gasteiger partial charge in [-0.1, -0.05) is 13.0 Å². The van der Waals surface area contributed by atoms with Gasteiger partial charge >= 0.3 is 0 Å². The average molecular weight is 252 g/mol. The molecule has 1 aromatic heterocycles. The fraction of sp³-hybridized carbons (Fsp3) is 0.500. The molecule has 1 aliphatic rings. The number of hydrogen-bond donors (Lipinski definition) is 1. The highest BCUT2D eigenvalue weighted by Crippen LogP contribution is 2.26. The number of hydrogen-bond acceptors (Lipinski definition) is 3. The maximum absolute atomic E-state index is 12.0. The molecule has 92 valence electrons. The third-order valence-electron chi connectivity index (χ3n) is 3.37. The molecule has 1 aromatic rings. The Bertz CT molecular complexity index is 430. The Morgan fingerprint density at radius 2 is 2.29 bits per heavy atom. The largest absolute Gasteiger partial charge is 0.345 e. The van der Waals surface area contributed by atoms with Crippen LogP contribution in [0.1, 0.15) is 25.1 Å². The maximum atomic E-state index is 12.0. The van der Waals surface area contributed by atoms with Gasteiger partial charge in [-0.25, -0.2) is 0 Å². The number of nitrogens with one attached hydrogen (secondary N) is 1. The molecule has 2 rings (SSSR count). The molecule has 1 unspecified atom stereocenters. The molecule has 1 saturated heterocycles. The minimum Gasteiger partial charge on any atom is -0.345 e. The standard InChI is InChI=1S/C12H16N2O2S/c1-3-12(2)11(16)13-7-10(15)14(12)8-9-5-4-6-17-9/h4-6H,3,7-8H2,1-2H3,(H,13,16). The zero-order valence-electron chi connectivity index (χ0n) is 10.0. The number of thiophene rings is 1. The van der Waals surface area contributed by atoms with E-state index in [-0.39, 0.29) is 18.4 Å². The van der Waals surface area contributed by atoms with Crippen LogP contribution in [0.4, 0.5) is 0 Å². The molecule has 2 amide bonds. The third kappa shape index (κ3) is 2.07. The summed E-state index contributed by atoms with van der Waals surface area (Å²) in [6.07, 6.45) is 0.621. The Balaban J connectivity index is 2.26. The summed E-state index contributed by atoms with van der Waals surface area (Å²) in [5, 5.41) is 4.64. The van der Waals surface area contributed by atoms with E-state index in [0.717, 1.165) is 4.88 Å². The van der Waals surface area contributed by atoms with E-state index < -0.39 is 5.54 Å². The van der Waals surface area contributed by atoms with E-state index in [4.69, 9.17) is 0 Å². The number of rotatable bonds is 3. The third-order valence-corrected chi connectivity index (χ3v) is 4.23. The highest BCUT2D eigenvalue weighted by molar-refractivity contribution is 7.09. The van der Waals surface area contributed by atoms with Crippen LogP contribution in [0.3, 0.4) is 0 Å². The van der Waals surface area contributed by atoms with Crippen LogP contribution in [0.5, 0.6) is 0 Å². The van der Waals surface area contributed by atoms with Crippen LogP contribution in [-0.4, -0.2) is 28.8 Å². The molecule has 1 atom stereocenters. The molecule has 0 spiro atoms. The first-order valence-corrected chi connectivity index (χ1v) is 6.57. The lowest BCUT2D eigenvalue weighted by Crippen LogP contribution is -2.65. The lowest BCUT2D eigenvalue weighted by atomic mass is 9.92. The Labute approximate surface area is 105 Å². The van der Waals surface area contributed by atoms with E-state index in [0.29, 0.717) is 13.0 Å². The SMILES string of the molecule is CCC1(C)C(=O)NCC(=O)N1Cc1cccs1. The van der Waals surface area contributed by atoms with Crippen molar-refractivity contribution in [3.05, 3.63) is 22.4 Å². The molecule has 1 aliphatic heterocycles. The lowest BCUT2D eigenvalue weighted by molar-refractivity contribution is -0.153. The van der Waals surface area contributed by atoms with Gasteiger partial charge in [0.15, 0.2) is 0 Å². The number of amides is 2. The second-order valence-corrected chi connectivity index (χ2v) is 5.40. The topological polar surface area (TPSA) is 49.4 Å². The summed E-state index contributed by atoms with van der Waals surface area (Å²) in [6, 6.07) is 3.94. The second kappa shape index (κ2) is 4.49. The number of carbonyl (C=O) groups is 2. The van der Waals surface area contributed by atoms with Crippen LogP contribution < -0.4 is 5.32 Å². The van der Waals surface area contributed by atoms with Gasteiger partial charge in [0.25, 0.3) is 0 Å². The second-order valence-electron chi connectivity index (χ2n) is 4.37. The molecular weight excluding hydrogens is 236 g/mol. The highest BCUT2D eigenvalue weighted by Gasteiger charge is 2.44. The minimum absolute atomic E-state index is 0.0117. The van der Waals surface area contributed by atoms with Crippen LogP contribution in [-0.2, 0) is 16.1 Å². The van der Waals surface area contributed by atoms with Gasteiger partial charge in [0.2, 0.25) is 11.8 Å². The molecule has 0 aromatic carbocycles. The van der Waals surface area contributed by atoms with E-state index in [2.05, 4.69) is 5.32 Å². The highest BCUT2D eigenvalue weighted by atomic mass is 32.1. The molecule has 5 heteroatoms. The monoisotopic (exact) mass is 252 g/mol. The van der Waals surface area contributed by atoms with Crippen molar-refractivity contribution >= 4 is 23.2 Å². The van der Waals surface area contributed by atoms with Crippen molar-refractivity contribution in [2.24, 2.45) is 0 Å². The molecule has 0 aliphatic carbocycles. The molecule has 17 heavy (non-hydrogen) atoms. The molecular formula is C12H16N2O2S. The molecule has 2 heterocycles. The van der Waals surface area contributed by atoms with Gasteiger partial charge in [0, 0.05) is 4.88 Å². The summed E-state index contributed by atoms with van der Waals surface area (Å²) < 4.78 is 0. The van der Waals surface area contributed by atoms with Crippen LogP contribution in [0.15, 0.2) is 17.5 Å². The molecule has 0 saturated carbocycles. The quantitative estimate of drug-likeness (QED) is 0.883. The van der Waals surface area contributed by atoms with E-state index >= 15 is 0 Å². The first-order valence-electron chi connectivity index (χ1n) is 5.69. The van der Waals surface area contributed by atoms with E-state index in [1.54, 1.807) is 16.2 Å². The maximum Gasteiger partial charge on any atom is 0.246 e. The van der Waals surface area contributed by atoms with Gasteiger partial charge in [-0.15, -0.1) is 11.3 Å². The molecule has 0 radical (unpaired) electrons. The average Bonchev–Trinajstić information content (AvgIpc) is 2.82. The summed E-state index contributed by atoms with van der Waals surface area (Å²) in [7, 11) is 0. The predicted molar refractivity (Wildman–Crippen MR) is 66.6 cm³/mol. The van der Waals surface area contributed by atoms with Crippen molar-refractivity contribution in [2.45, 2.75) is 32.4 Å². The Kier molecular flexibility index (Phi) is 3.19. The lowest BCUT2D eigenvalue weighted by Gasteiger charge is -2.42. The van der Waals surface area contributed by atoms with Crippen molar-refractivity contribution in [1.82, 2.24) is 10.2 Å². The van der Waals surface area contributed by atoms with Gasteiger partial charge in [0.05, 0.1) is 13.1 Å². The molecule has 1 N–H and O–H groups in total. The van der Waals surface area contributed by atoms with E-state index in [1.807, 2.05) is 31.4 Å². The van der Waals surface area contributed by atoms with Crippen molar-refractivity contribution in [2.75, 3.05) is 6.54 Å². The zero-order chi connectivity index (χ0) is 12.5. The number of nitrogens with zero attached hydrogens (tertiary/aromatic N) is 1. The van der Waals surface area contributed by atoms with Crippen LogP contribution in [0.2, 0.25) is 0 Å². The summed E-state index contributed by atoms with van der Waals surface area (Å²) in [6.45, 7) is 4.39. The number of piperazine rings is 1. The van der Waals surface area contributed by atoms with Gasteiger partial charge in [0.1, 0.15) is 5.54 Å². The zero-order valence-corrected chi connectivity index (χ0v) is 10.8. The summed E-state index contributed by atoms with van der Waals surface area (Å²) >= 11 is 1.61. The minimum atomic E-state index is -0.723. The Hall–Kier alpha value is -1.36. The first-order chi connectivity index (χ1) is 8.08. The van der Waals surface area contributed by atoms with Gasteiger partial charge in [-0.2, -0.15) is 0 Å². The molecule has 1 fully saturated rings. The van der Waals surface area contributed by atoms with Gasteiger partial charge in [-0.3, -0.25) is 9.59 Å². The normalized spacial score (nSPS) is 24.9. The molecule has 0 bridgehead atoms. The van der Waals surface area contributed by atoms with Crippen molar-refractivity contribution in [3.63, 3.8) is 0 Å². The smallest absolute Gasteiger partial charge is 0.246 e. The fourth-order valence-corrected chi connectivity index (χ4v) is 2.70. The summed E-state index contributed by atoms with van der Waals surface area (Å²) in [4.78, 5) is 26.7. The Morgan fingerprint density at radius 1 is 1.53 bits per heavy atom. The van der Waals surface area contributed by atoms with Crippen molar-refractivity contribution in [1.29, 1.82) is 0 Å². The van der Waals surface area contributed by atoms with Crippen molar-refractivity contribution in [3.8, 4) is 0 Å². The van der Waals surface area contributed by atoms with Crippen LogP contribution in [0.25, 0.3) is 0 Å². The Morgan fingerprint density at radius 3 is 2.88 bits per heavy atom. The number of carbonyl (C=O) groups excluding carboxylic acids is 2. The van der Waals surface area contributed by atoms with E-state index in [1.165, 1.54) is 0 Å². The predicted octanol–water partition coefficient (Wildman–Crippen LogP) is 1.38. The van der Waals surface area contributed by atoms with Gasteiger partial charge < -0.3 is 10.2 Å². The summed E-state index contributed by atoms with van der Waals surface area (Å²) in [5.41, 5.74) is -0.723. The van der Waals surface area contributed by atoms with Crippen LogP contribution in [0, 0.1) is 0 Å². The fourth-order valence-electron chi connectivity index (χ4n) is 2.01. The summed E-state index contributed by atoms with van der Waals surface area (Å²) in [5.74, 6) is -0.0708. The van der Waals surface area contributed by atoms with Crippen LogP contribution >= 0.6 is 11.3 Å².